The van der Waals surface area contributed by atoms with Gasteiger partial charge in [0.15, 0.2) is 0 Å². The highest BCUT2D eigenvalue weighted by Gasteiger charge is 2.37. The normalized spacial score (nSPS) is 15.6. The van der Waals surface area contributed by atoms with E-state index >= 15 is 0 Å². The Bertz CT molecular complexity index is 1230. The third-order valence-corrected chi connectivity index (χ3v) is 5.37. The van der Waals surface area contributed by atoms with Crippen molar-refractivity contribution in [1.29, 1.82) is 0 Å². The number of benzene rings is 1. The van der Waals surface area contributed by atoms with E-state index in [1.807, 2.05) is 6.92 Å². The van der Waals surface area contributed by atoms with Gasteiger partial charge in [0.25, 0.3) is 11.8 Å². The average Bonchev–Trinajstić information content (AvgIpc) is 3.16. The molecule has 3 aromatic rings. The van der Waals surface area contributed by atoms with Crippen molar-refractivity contribution in [2.45, 2.75) is 26.1 Å². The van der Waals surface area contributed by atoms with Crippen LogP contribution in [0.2, 0.25) is 5.02 Å². The predicted molar refractivity (Wildman–Crippen MR) is 122 cm³/mol. The zero-order valence-corrected chi connectivity index (χ0v) is 19.2. The summed E-state index contributed by atoms with van der Waals surface area (Å²) in [5.41, 5.74) is 0.593. The van der Waals surface area contributed by atoms with Gasteiger partial charge < -0.3 is 10.2 Å². The maximum atomic E-state index is 13.3. The first-order valence-corrected chi connectivity index (χ1v) is 9.93. The van der Waals surface area contributed by atoms with E-state index in [9.17, 15) is 22.8 Å². The Kier molecular flexibility index (Phi) is 6.75. The number of rotatable bonds is 3. The lowest BCUT2D eigenvalue weighted by Crippen LogP contribution is -2.43. The predicted octanol–water partition coefficient (Wildman–Crippen LogP) is 4.85. The second-order valence-corrected chi connectivity index (χ2v) is 7.89. The molecule has 1 N–H and O–H groups in total. The number of halogens is 4. The Morgan fingerprint density at radius 1 is 1.21 bits per heavy atom. The topological polar surface area (TPSA) is 80.1 Å². The Morgan fingerprint density at radius 2 is 1.94 bits per heavy atom. The van der Waals surface area contributed by atoms with Gasteiger partial charge in [0.2, 0.25) is 0 Å². The summed E-state index contributed by atoms with van der Waals surface area (Å²) < 4.78 is 40.5. The molecule has 1 aromatic carbocycles. The second kappa shape index (κ2) is 9.06. The second-order valence-electron chi connectivity index (χ2n) is 7.48. The molecule has 2 amide bonds. The molecule has 0 spiro atoms. The van der Waals surface area contributed by atoms with Gasteiger partial charge in [-0.25, -0.2) is 0 Å². The van der Waals surface area contributed by atoms with E-state index in [1.54, 1.807) is 19.2 Å². The van der Waals surface area contributed by atoms with Gasteiger partial charge >= 0.3 is 6.18 Å². The molecular weight excluding hydrogens is 479 g/mol. The Morgan fingerprint density at radius 3 is 2.58 bits per heavy atom. The highest BCUT2D eigenvalue weighted by molar-refractivity contribution is 7.59. The van der Waals surface area contributed by atoms with Crippen molar-refractivity contribution in [2.75, 3.05) is 16.8 Å². The van der Waals surface area contributed by atoms with Crippen LogP contribution in [0.3, 0.4) is 0 Å². The lowest BCUT2D eigenvalue weighted by atomic mass is 10.1. The molecule has 1 aliphatic heterocycles. The van der Waals surface area contributed by atoms with Crippen LogP contribution in [0, 0.1) is 6.92 Å². The van der Waals surface area contributed by atoms with Gasteiger partial charge in [0, 0.05) is 18.4 Å². The highest BCUT2D eigenvalue weighted by Crippen LogP contribution is 2.37. The number of alkyl halides is 3. The molecule has 0 saturated carbocycles. The van der Waals surface area contributed by atoms with E-state index in [1.165, 1.54) is 28.0 Å². The first-order valence-electron chi connectivity index (χ1n) is 9.55. The molecule has 0 unspecified atom stereocenters. The maximum absolute atomic E-state index is 13.3. The highest BCUT2D eigenvalue weighted by atomic mass is 35.5. The number of nitrogens with one attached hydrogen (secondary N) is 1. The van der Waals surface area contributed by atoms with E-state index < -0.39 is 28.6 Å². The average molecular weight is 498 g/mol. The van der Waals surface area contributed by atoms with Crippen molar-refractivity contribution in [3.63, 3.8) is 0 Å². The fourth-order valence-electron chi connectivity index (χ4n) is 3.57. The van der Waals surface area contributed by atoms with E-state index in [0.717, 1.165) is 17.7 Å². The third kappa shape index (κ3) is 4.69. The van der Waals surface area contributed by atoms with Gasteiger partial charge in [0.1, 0.15) is 5.69 Å². The molecule has 1 atom stereocenters. The van der Waals surface area contributed by atoms with Gasteiger partial charge in [-0.1, -0.05) is 11.6 Å². The lowest BCUT2D eigenvalue weighted by molar-refractivity contribution is -0.137. The number of hydrogen-bond acceptors (Lipinski definition) is 4. The van der Waals surface area contributed by atoms with Crippen molar-refractivity contribution >= 4 is 48.3 Å². The molecule has 0 saturated heterocycles. The standard InChI is InChI=1S/C21H17ClF3N5O2.H2S/c1-11-5-13(8-26-7-11)28-19(31)15-9-27-30-12(2)10-29(20(32)18(15)30)14-3-4-16(17(22)6-14)21(23,24)25;/h3-9,12H,10H2,1-2H3,(H,28,31);1H2/t12-;/m0./s1. The number of nitrogens with zero attached hydrogens (tertiary/aromatic N) is 4. The molecule has 33 heavy (non-hydrogen) atoms. The monoisotopic (exact) mass is 497 g/mol. The smallest absolute Gasteiger partial charge is 0.320 e. The van der Waals surface area contributed by atoms with Crippen molar-refractivity contribution in [2.24, 2.45) is 0 Å². The maximum Gasteiger partial charge on any atom is 0.417 e. The molecule has 174 valence electrons. The van der Waals surface area contributed by atoms with Crippen LogP contribution in [-0.2, 0) is 6.18 Å². The van der Waals surface area contributed by atoms with Crippen molar-refractivity contribution in [3.05, 3.63) is 70.3 Å². The van der Waals surface area contributed by atoms with E-state index in [4.69, 9.17) is 11.6 Å². The number of fused-ring (bicyclic) bond motifs is 1. The van der Waals surface area contributed by atoms with Crippen LogP contribution in [0.4, 0.5) is 24.5 Å². The summed E-state index contributed by atoms with van der Waals surface area (Å²) in [5.74, 6) is -1.12. The molecule has 0 aliphatic carbocycles. The molecular formula is C21H19ClF3N5O2S. The summed E-state index contributed by atoms with van der Waals surface area (Å²) in [6, 6.07) is 4.51. The summed E-state index contributed by atoms with van der Waals surface area (Å²) in [5, 5.41) is 6.35. The SMILES string of the molecule is Cc1cncc(NC(=O)c2cnn3c2C(=O)N(c2ccc(C(F)(F)F)c(Cl)c2)C[C@@H]3C)c1.S. The largest absolute Gasteiger partial charge is 0.417 e. The van der Waals surface area contributed by atoms with E-state index in [0.29, 0.717) is 5.69 Å². The van der Waals surface area contributed by atoms with Crippen LogP contribution >= 0.6 is 25.1 Å². The quantitative estimate of drug-likeness (QED) is 0.561. The molecule has 0 radical (unpaired) electrons. The zero-order chi connectivity index (χ0) is 23.2. The van der Waals surface area contributed by atoms with Crippen molar-refractivity contribution < 1.29 is 22.8 Å². The molecule has 0 bridgehead atoms. The van der Waals surface area contributed by atoms with E-state index in [-0.39, 0.29) is 43.0 Å². The van der Waals surface area contributed by atoms with Crippen molar-refractivity contribution in [3.8, 4) is 0 Å². The number of pyridine rings is 1. The first-order chi connectivity index (χ1) is 15.1. The van der Waals surface area contributed by atoms with Gasteiger partial charge in [-0.3, -0.25) is 19.3 Å². The first kappa shape index (κ1) is 24.6. The number of amides is 2. The summed E-state index contributed by atoms with van der Waals surface area (Å²) in [6.07, 6.45) is -0.202. The van der Waals surface area contributed by atoms with Gasteiger partial charge in [0.05, 0.1) is 40.3 Å². The van der Waals surface area contributed by atoms with Gasteiger partial charge in [-0.2, -0.15) is 31.8 Å². The minimum Gasteiger partial charge on any atom is -0.320 e. The van der Waals surface area contributed by atoms with Crippen LogP contribution in [0.1, 0.15) is 44.9 Å². The molecule has 4 rings (SSSR count). The molecule has 1 aliphatic rings. The molecule has 3 heterocycles. The third-order valence-electron chi connectivity index (χ3n) is 5.05. The Labute approximate surface area is 199 Å². The molecule has 2 aromatic heterocycles. The van der Waals surface area contributed by atoms with Crippen LogP contribution < -0.4 is 10.2 Å². The van der Waals surface area contributed by atoms with Crippen LogP contribution in [-0.4, -0.2) is 33.1 Å². The summed E-state index contributed by atoms with van der Waals surface area (Å²) in [7, 11) is 0. The minimum absolute atomic E-state index is 0. The number of aromatic nitrogens is 3. The van der Waals surface area contributed by atoms with Crippen LogP contribution in [0.5, 0.6) is 0 Å². The minimum atomic E-state index is -4.61. The molecule has 0 fully saturated rings. The fourth-order valence-corrected chi connectivity index (χ4v) is 3.86. The number of carbonyl (C=O) groups is 2. The Hall–Kier alpha value is -3.05. The summed E-state index contributed by atoms with van der Waals surface area (Å²) in [4.78, 5) is 31.4. The van der Waals surface area contributed by atoms with Gasteiger partial charge in [-0.15, -0.1) is 0 Å². The Balaban J connectivity index is 0.00000306. The van der Waals surface area contributed by atoms with Gasteiger partial charge in [-0.05, 0) is 43.7 Å². The molecule has 7 nitrogen and oxygen atoms in total. The zero-order valence-electron chi connectivity index (χ0n) is 17.4. The molecule has 12 heteroatoms. The summed E-state index contributed by atoms with van der Waals surface area (Å²) >= 11 is 5.84. The summed E-state index contributed by atoms with van der Waals surface area (Å²) in [6.45, 7) is 3.76. The number of hydrogen-bond donors (Lipinski definition) is 1. The lowest BCUT2D eigenvalue weighted by Gasteiger charge is -2.32. The van der Waals surface area contributed by atoms with E-state index in [2.05, 4.69) is 15.4 Å². The van der Waals surface area contributed by atoms with Crippen LogP contribution in [0.25, 0.3) is 0 Å². The number of anilines is 2. The van der Waals surface area contributed by atoms with Crippen molar-refractivity contribution in [1.82, 2.24) is 14.8 Å². The fraction of sp³-hybridized carbons (Fsp3) is 0.238. The number of aryl methyl sites for hydroxylation is 1. The van der Waals surface area contributed by atoms with Crippen LogP contribution in [0.15, 0.2) is 42.9 Å². The number of carbonyl (C=O) groups excluding carboxylic acids is 2.